The third-order valence-electron chi connectivity index (χ3n) is 5.58. The van der Waals surface area contributed by atoms with Crippen LogP contribution in [0.4, 0.5) is 10.5 Å². The number of halogens is 2. The van der Waals surface area contributed by atoms with E-state index in [1.165, 1.54) is 17.0 Å². The van der Waals surface area contributed by atoms with Crippen LogP contribution in [0.5, 0.6) is 5.06 Å². The summed E-state index contributed by atoms with van der Waals surface area (Å²) in [6, 6.07) is 15.1. The van der Waals surface area contributed by atoms with E-state index in [0.717, 1.165) is 34.6 Å². The van der Waals surface area contributed by atoms with Crippen molar-refractivity contribution in [3.8, 4) is 15.5 Å². The van der Waals surface area contributed by atoms with Crippen LogP contribution in [0, 0.1) is 0 Å². The van der Waals surface area contributed by atoms with Crippen LogP contribution < -0.4 is 9.64 Å². The van der Waals surface area contributed by atoms with Crippen LogP contribution in [-0.4, -0.2) is 34.4 Å². The van der Waals surface area contributed by atoms with E-state index in [4.69, 9.17) is 27.9 Å². The predicted octanol–water partition coefficient (Wildman–Crippen LogP) is 6.73. The summed E-state index contributed by atoms with van der Waals surface area (Å²) in [4.78, 5) is 27.4. The van der Waals surface area contributed by atoms with Gasteiger partial charge in [-0.15, -0.1) is 0 Å². The predicted molar refractivity (Wildman–Crippen MR) is 130 cm³/mol. The minimum absolute atomic E-state index is 0.0533. The standard InChI is InChI=1S/C24H21Cl2NO5S/c25-15-10-11-16(17(26)12-15)22(29)27(18-8-4-5-9-20(18)28)19-13-21(14-6-2-1-3-7-14)33-23(19)32-24(30)31/h1-3,6-7,10-13,18,20,28H,4-5,8-9H2,(H,30,31). The summed E-state index contributed by atoms with van der Waals surface area (Å²) < 4.78 is 5.10. The number of anilines is 1. The smallest absolute Gasteiger partial charge is 0.449 e. The molecule has 3 aromatic rings. The molecule has 0 spiro atoms. The number of rotatable bonds is 5. The Bertz CT molecular complexity index is 1170. The molecule has 6 nitrogen and oxygen atoms in total. The molecule has 1 fully saturated rings. The van der Waals surface area contributed by atoms with E-state index in [-0.39, 0.29) is 21.3 Å². The van der Waals surface area contributed by atoms with Crippen molar-refractivity contribution in [2.75, 3.05) is 4.90 Å². The van der Waals surface area contributed by atoms with Gasteiger partial charge >= 0.3 is 6.16 Å². The third-order valence-corrected chi connectivity index (χ3v) is 7.18. The topological polar surface area (TPSA) is 87.1 Å². The summed E-state index contributed by atoms with van der Waals surface area (Å²) in [5, 5.41) is 20.8. The summed E-state index contributed by atoms with van der Waals surface area (Å²) >= 11 is 13.5. The van der Waals surface area contributed by atoms with Crippen LogP contribution in [0.3, 0.4) is 0 Å². The van der Waals surface area contributed by atoms with Crippen LogP contribution in [0.2, 0.25) is 10.0 Å². The lowest BCUT2D eigenvalue weighted by molar-refractivity contribution is 0.0818. The summed E-state index contributed by atoms with van der Waals surface area (Å²) in [7, 11) is 0. The molecule has 1 aliphatic carbocycles. The molecule has 1 saturated carbocycles. The molecular formula is C24H21Cl2NO5S. The molecule has 0 bridgehead atoms. The summed E-state index contributed by atoms with van der Waals surface area (Å²) in [6.07, 6.45) is 0.503. The minimum Gasteiger partial charge on any atom is -0.449 e. The van der Waals surface area contributed by atoms with Crippen molar-refractivity contribution in [1.29, 1.82) is 0 Å². The fourth-order valence-electron chi connectivity index (χ4n) is 4.05. The average Bonchev–Trinajstić information content (AvgIpc) is 3.18. The molecule has 172 valence electrons. The van der Waals surface area contributed by atoms with Crippen molar-refractivity contribution >= 4 is 52.3 Å². The second-order valence-electron chi connectivity index (χ2n) is 7.74. The highest BCUT2D eigenvalue weighted by molar-refractivity contribution is 7.18. The number of carboxylic acid groups (broad SMARTS) is 1. The Kier molecular flexibility index (Phi) is 7.24. The van der Waals surface area contributed by atoms with Gasteiger partial charge < -0.3 is 14.9 Å². The molecule has 4 rings (SSSR count). The van der Waals surface area contributed by atoms with Crippen LogP contribution in [0.25, 0.3) is 10.4 Å². The van der Waals surface area contributed by atoms with E-state index in [1.807, 2.05) is 30.3 Å². The lowest BCUT2D eigenvalue weighted by Gasteiger charge is -2.37. The molecule has 1 amide bonds. The Morgan fingerprint density at radius 2 is 1.76 bits per heavy atom. The maximum absolute atomic E-state index is 13.8. The van der Waals surface area contributed by atoms with E-state index in [9.17, 15) is 19.8 Å². The highest BCUT2D eigenvalue weighted by Gasteiger charge is 2.37. The monoisotopic (exact) mass is 505 g/mol. The van der Waals surface area contributed by atoms with Gasteiger partial charge in [-0.2, -0.15) is 0 Å². The number of thiophene rings is 1. The number of aliphatic hydroxyl groups excluding tert-OH is 1. The highest BCUT2D eigenvalue weighted by Crippen LogP contribution is 2.45. The maximum atomic E-state index is 13.8. The zero-order chi connectivity index (χ0) is 23.5. The Balaban J connectivity index is 1.86. The molecule has 0 aliphatic heterocycles. The van der Waals surface area contributed by atoms with Crippen LogP contribution in [0.15, 0.2) is 54.6 Å². The SMILES string of the molecule is O=C(O)Oc1sc(-c2ccccc2)cc1N(C(=O)c1ccc(Cl)cc1Cl)C1CCCCC1O. The zero-order valence-corrected chi connectivity index (χ0v) is 19.7. The Hall–Kier alpha value is -2.58. The molecular weight excluding hydrogens is 485 g/mol. The lowest BCUT2D eigenvalue weighted by atomic mass is 9.90. The van der Waals surface area contributed by atoms with Gasteiger partial charge in [0, 0.05) is 9.90 Å². The van der Waals surface area contributed by atoms with Crippen molar-refractivity contribution in [1.82, 2.24) is 0 Å². The van der Waals surface area contributed by atoms with Gasteiger partial charge in [0.05, 0.1) is 28.4 Å². The van der Waals surface area contributed by atoms with Gasteiger partial charge in [-0.1, -0.05) is 77.7 Å². The summed E-state index contributed by atoms with van der Waals surface area (Å²) in [5.74, 6) is -0.463. The maximum Gasteiger partial charge on any atom is 0.512 e. The average molecular weight is 506 g/mol. The molecule has 9 heteroatoms. The first-order chi connectivity index (χ1) is 15.8. The molecule has 1 aliphatic rings. The quantitative estimate of drug-likeness (QED) is 0.375. The van der Waals surface area contributed by atoms with Crippen LogP contribution >= 0.6 is 34.5 Å². The molecule has 1 aromatic heterocycles. The number of carbonyl (C=O) groups is 2. The Morgan fingerprint density at radius 3 is 2.42 bits per heavy atom. The van der Waals surface area contributed by atoms with Gasteiger partial charge in [-0.3, -0.25) is 9.69 Å². The first-order valence-electron chi connectivity index (χ1n) is 10.4. The molecule has 0 saturated heterocycles. The second-order valence-corrected chi connectivity index (χ2v) is 9.59. The van der Waals surface area contributed by atoms with Crippen LogP contribution in [0.1, 0.15) is 36.0 Å². The van der Waals surface area contributed by atoms with E-state index in [1.54, 1.807) is 12.1 Å². The van der Waals surface area contributed by atoms with Crippen molar-refractivity contribution in [3.05, 3.63) is 70.2 Å². The van der Waals surface area contributed by atoms with Gasteiger partial charge in [0.15, 0.2) is 0 Å². The lowest BCUT2D eigenvalue weighted by Crippen LogP contribution is -2.49. The minimum atomic E-state index is -1.49. The number of nitrogens with zero attached hydrogens (tertiary/aromatic N) is 1. The Morgan fingerprint density at radius 1 is 1.03 bits per heavy atom. The fourth-order valence-corrected chi connectivity index (χ4v) is 5.54. The van der Waals surface area contributed by atoms with Gasteiger partial charge in [-0.25, -0.2) is 4.79 Å². The van der Waals surface area contributed by atoms with Gasteiger partial charge in [0.25, 0.3) is 5.91 Å². The molecule has 1 heterocycles. The number of hydrogen-bond acceptors (Lipinski definition) is 5. The number of carbonyl (C=O) groups excluding carboxylic acids is 1. The summed E-state index contributed by atoms with van der Waals surface area (Å²) in [6.45, 7) is 0. The molecule has 2 aromatic carbocycles. The molecule has 0 radical (unpaired) electrons. The van der Waals surface area contributed by atoms with Gasteiger partial charge in [0.1, 0.15) is 0 Å². The van der Waals surface area contributed by atoms with Crippen molar-refractivity contribution < 1.29 is 24.5 Å². The number of amides is 1. The normalized spacial score (nSPS) is 18.0. The van der Waals surface area contributed by atoms with Crippen molar-refractivity contribution in [3.63, 3.8) is 0 Å². The summed E-state index contributed by atoms with van der Waals surface area (Å²) in [5.41, 5.74) is 1.33. The van der Waals surface area contributed by atoms with Gasteiger partial charge in [-0.05, 0) is 42.7 Å². The van der Waals surface area contributed by atoms with E-state index >= 15 is 0 Å². The number of ether oxygens (including phenoxy) is 1. The molecule has 33 heavy (non-hydrogen) atoms. The van der Waals surface area contributed by atoms with Gasteiger partial charge in [0.2, 0.25) is 5.06 Å². The van der Waals surface area contributed by atoms with E-state index < -0.39 is 24.2 Å². The first-order valence-corrected chi connectivity index (χ1v) is 12.0. The van der Waals surface area contributed by atoms with Crippen molar-refractivity contribution in [2.24, 2.45) is 0 Å². The number of hydrogen-bond donors (Lipinski definition) is 2. The van der Waals surface area contributed by atoms with E-state index in [0.29, 0.717) is 17.9 Å². The third kappa shape index (κ3) is 5.17. The second kappa shape index (κ2) is 10.1. The van der Waals surface area contributed by atoms with Crippen LogP contribution in [-0.2, 0) is 0 Å². The fraction of sp³-hybridized carbons (Fsp3) is 0.250. The Labute approximate surface area is 204 Å². The highest BCUT2D eigenvalue weighted by atomic mass is 35.5. The molecule has 2 unspecified atom stereocenters. The van der Waals surface area contributed by atoms with E-state index in [2.05, 4.69) is 0 Å². The largest absolute Gasteiger partial charge is 0.512 e. The molecule has 2 atom stereocenters. The van der Waals surface area contributed by atoms with Crippen molar-refractivity contribution in [2.45, 2.75) is 37.8 Å². The number of aliphatic hydroxyl groups is 1. The number of benzene rings is 2. The first kappa shape index (κ1) is 23.6. The zero-order valence-electron chi connectivity index (χ0n) is 17.4. The molecule has 2 N–H and O–H groups in total.